The lowest BCUT2D eigenvalue weighted by molar-refractivity contribution is -0.130. The maximum absolute atomic E-state index is 12.0. The third-order valence-electron chi connectivity index (χ3n) is 2.50. The first-order valence-electron chi connectivity index (χ1n) is 6.56. The topological polar surface area (TPSA) is 81.9 Å². The Balaban J connectivity index is 2.85. The SMILES string of the molecule is CN(C)C(=O)COc1cc(C(=O)OC(C)(C)C)ccc1N. The van der Waals surface area contributed by atoms with Crippen molar-refractivity contribution < 1.29 is 19.1 Å². The van der Waals surface area contributed by atoms with Gasteiger partial charge in [0.25, 0.3) is 5.91 Å². The first-order valence-corrected chi connectivity index (χ1v) is 6.56. The third kappa shape index (κ3) is 5.33. The van der Waals surface area contributed by atoms with Crippen molar-refractivity contribution in [1.82, 2.24) is 4.90 Å². The molecule has 0 aromatic heterocycles. The molecule has 21 heavy (non-hydrogen) atoms. The first kappa shape index (κ1) is 16.8. The van der Waals surface area contributed by atoms with Gasteiger partial charge in [-0.05, 0) is 39.0 Å². The number of benzene rings is 1. The lowest BCUT2D eigenvalue weighted by Gasteiger charge is -2.20. The molecule has 1 rings (SSSR count). The maximum Gasteiger partial charge on any atom is 0.338 e. The molecule has 6 heteroatoms. The summed E-state index contributed by atoms with van der Waals surface area (Å²) in [7, 11) is 3.26. The van der Waals surface area contributed by atoms with Crippen LogP contribution in [0.3, 0.4) is 0 Å². The van der Waals surface area contributed by atoms with Crippen LogP contribution < -0.4 is 10.5 Å². The van der Waals surface area contributed by atoms with Crippen LogP contribution in [0, 0.1) is 0 Å². The van der Waals surface area contributed by atoms with Crippen LogP contribution in [0.15, 0.2) is 18.2 Å². The zero-order valence-corrected chi connectivity index (χ0v) is 13.1. The number of nitrogens with zero attached hydrogens (tertiary/aromatic N) is 1. The van der Waals surface area contributed by atoms with Crippen LogP contribution >= 0.6 is 0 Å². The number of amides is 1. The van der Waals surface area contributed by atoms with E-state index in [-0.39, 0.29) is 18.3 Å². The van der Waals surface area contributed by atoms with Crippen molar-refractivity contribution >= 4 is 17.6 Å². The molecule has 0 atom stereocenters. The number of hydrogen-bond acceptors (Lipinski definition) is 5. The Morgan fingerprint density at radius 3 is 2.38 bits per heavy atom. The van der Waals surface area contributed by atoms with E-state index in [4.69, 9.17) is 15.2 Å². The smallest absolute Gasteiger partial charge is 0.338 e. The lowest BCUT2D eigenvalue weighted by Crippen LogP contribution is -2.27. The summed E-state index contributed by atoms with van der Waals surface area (Å²) in [6.45, 7) is 5.22. The normalized spacial score (nSPS) is 10.9. The molecule has 6 nitrogen and oxygen atoms in total. The van der Waals surface area contributed by atoms with Crippen molar-refractivity contribution in [1.29, 1.82) is 0 Å². The highest BCUT2D eigenvalue weighted by Crippen LogP contribution is 2.24. The number of nitrogen functional groups attached to an aromatic ring is 1. The molecule has 0 spiro atoms. The molecule has 0 unspecified atom stereocenters. The quantitative estimate of drug-likeness (QED) is 0.675. The second-order valence-electron chi connectivity index (χ2n) is 5.83. The fourth-order valence-electron chi connectivity index (χ4n) is 1.39. The van der Waals surface area contributed by atoms with Gasteiger partial charge < -0.3 is 20.1 Å². The molecule has 1 aromatic carbocycles. The summed E-state index contributed by atoms with van der Waals surface area (Å²) in [5.74, 6) is -0.378. The highest BCUT2D eigenvalue weighted by atomic mass is 16.6. The van der Waals surface area contributed by atoms with Gasteiger partial charge in [0.1, 0.15) is 11.4 Å². The van der Waals surface area contributed by atoms with E-state index in [2.05, 4.69) is 0 Å². The molecule has 0 heterocycles. The molecule has 0 saturated carbocycles. The van der Waals surface area contributed by atoms with Crippen molar-refractivity contribution in [2.45, 2.75) is 26.4 Å². The van der Waals surface area contributed by atoms with E-state index in [0.29, 0.717) is 11.3 Å². The number of esters is 1. The summed E-state index contributed by atoms with van der Waals surface area (Å²) in [6.07, 6.45) is 0. The van der Waals surface area contributed by atoms with Gasteiger partial charge in [-0.3, -0.25) is 4.79 Å². The van der Waals surface area contributed by atoms with E-state index in [1.54, 1.807) is 47.0 Å². The molecule has 2 N–H and O–H groups in total. The van der Waals surface area contributed by atoms with Crippen molar-refractivity contribution in [2.75, 3.05) is 26.4 Å². The van der Waals surface area contributed by atoms with Crippen LogP contribution in [0.1, 0.15) is 31.1 Å². The van der Waals surface area contributed by atoms with E-state index in [9.17, 15) is 9.59 Å². The van der Waals surface area contributed by atoms with E-state index in [0.717, 1.165) is 0 Å². The van der Waals surface area contributed by atoms with Crippen molar-refractivity contribution in [3.63, 3.8) is 0 Å². The number of hydrogen-bond donors (Lipinski definition) is 1. The predicted octanol–water partition coefficient (Wildman–Crippen LogP) is 1.69. The minimum absolute atomic E-state index is 0.144. The van der Waals surface area contributed by atoms with E-state index >= 15 is 0 Å². The van der Waals surface area contributed by atoms with E-state index in [1.165, 1.54) is 11.0 Å². The Kier molecular flexibility index (Phi) is 5.18. The summed E-state index contributed by atoms with van der Waals surface area (Å²) >= 11 is 0. The van der Waals surface area contributed by atoms with Crippen LogP contribution in [0.2, 0.25) is 0 Å². The Labute approximate surface area is 124 Å². The Hall–Kier alpha value is -2.24. The summed E-state index contributed by atoms with van der Waals surface area (Å²) in [4.78, 5) is 24.9. The Morgan fingerprint density at radius 2 is 1.86 bits per heavy atom. The van der Waals surface area contributed by atoms with Crippen molar-refractivity contribution in [3.05, 3.63) is 23.8 Å². The fraction of sp³-hybridized carbons (Fsp3) is 0.467. The molecule has 1 amide bonds. The van der Waals surface area contributed by atoms with Gasteiger partial charge in [-0.25, -0.2) is 4.79 Å². The summed E-state index contributed by atoms with van der Waals surface area (Å²) in [5, 5.41) is 0. The molecule has 0 fully saturated rings. The minimum Gasteiger partial charge on any atom is -0.482 e. The number of carbonyl (C=O) groups is 2. The predicted molar refractivity (Wildman–Crippen MR) is 80.2 cm³/mol. The van der Waals surface area contributed by atoms with Crippen LogP contribution in [0.25, 0.3) is 0 Å². The van der Waals surface area contributed by atoms with Crippen LogP contribution in [0.5, 0.6) is 5.75 Å². The van der Waals surface area contributed by atoms with E-state index in [1.807, 2.05) is 0 Å². The minimum atomic E-state index is -0.583. The monoisotopic (exact) mass is 294 g/mol. The zero-order valence-electron chi connectivity index (χ0n) is 13.1. The summed E-state index contributed by atoms with van der Waals surface area (Å²) < 4.78 is 10.6. The van der Waals surface area contributed by atoms with Gasteiger partial charge in [0, 0.05) is 14.1 Å². The summed E-state index contributed by atoms with van der Waals surface area (Å²) in [6, 6.07) is 4.59. The van der Waals surface area contributed by atoms with Crippen molar-refractivity contribution in [3.8, 4) is 5.75 Å². The van der Waals surface area contributed by atoms with Gasteiger partial charge in [-0.15, -0.1) is 0 Å². The van der Waals surface area contributed by atoms with Gasteiger partial charge in [0.05, 0.1) is 11.3 Å². The number of rotatable bonds is 4. The Morgan fingerprint density at radius 1 is 1.24 bits per heavy atom. The molecule has 0 aliphatic carbocycles. The zero-order chi connectivity index (χ0) is 16.2. The van der Waals surface area contributed by atoms with Crippen LogP contribution in [0.4, 0.5) is 5.69 Å². The largest absolute Gasteiger partial charge is 0.482 e. The van der Waals surface area contributed by atoms with Gasteiger partial charge in [0.15, 0.2) is 6.61 Å². The lowest BCUT2D eigenvalue weighted by atomic mass is 10.1. The van der Waals surface area contributed by atoms with Crippen LogP contribution in [-0.2, 0) is 9.53 Å². The molecule has 116 valence electrons. The molecule has 0 bridgehead atoms. The molecule has 0 radical (unpaired) electrons. The highest BCUT2D eigenvalue weighted by Gasteiger charge is 2.19. The molecular formula is C15H22N2O4. The van der Waals surface area contributed by atoms with Gasteiger partial charge >= 0.3 is 5.97 Å². The van der Waals surface area contributed by atoms with E-state index < -0.39 is 11.6 Å². The van der Waals surface area contributed by atoms with Crippen molar-refractivity contribution in [2.24, 2.45) is 0 Å². The number of ether oxygens (including phenoxy) is 2. The van der Waals surface area contributed by atoms with Gasteiger partial charge in [0.2, 0.25) is 0 Å². The number of anilines is 1. The fourth-order valence-corrected chi connectivity index (χ4v) is 1.39. The molecule has 1 aromatic rings. The molecule has 0 aliphatic rings. The number of carbonyl (C=O) groups excluding carboxylic acids is 2. The first-order chi connectivity index (χ1) is 9.60. The molecule has 0 saturated heterocycles. The second kappa shape index (κ2) is 6.47. The number of likely N-dealkylation sites (N-methyl/N-ethyl adjacent to an activating group) is 1. The summed E-state index contributed by atoms with van der Waals surface area (Å²) in [5.41, 5.74) is 5.88. The average molecular weight is 294 g/mol. The Bertz CT molecular complexity index is 533. The highest BCUT2D eigenvalue weighted by molar-refractivity contribution is 5.91. The number of nitrogens with two attached hydrogens (primary N) is 1. The standard InChI is InChI=1S/C15H22N2O4/c1-15(2,3)21-14(19)10-6-7-11(16)12(8-10)20-9-13(18)17(4)5/h6-8H,9,16H2,1-5H3. The second-order valence-corrected chi connectivity index (χ2v) is 5.83. The average Bonchev–Trinajstić information content (AvgIpc) is 2.35. The molecular weight excluding hydrogens is 272 g/mol. The van der Waals surface area contributed by atoms with Gasteiger partial charge in [-0.1, -0.05) is 0 Å². The third-order valence-corrected chi connectivity index (χ3v) is 2.50. The molecule has 0 aliphatic heterocycles. The maximum atomic E-state index is 12.0. The van der Waals surface area contributed by atoms with Gasteiger partial charge in [-0.2, -0.15) is 0 Å². The van der Waals surface area contributed by atoms with Crippen LogP contribution in [-0.4, -0.2) is 43.1 Å².